The van der Waals surface area contributed by atoms with Gasteiger partial charge in [0.05, 0.1) is 11.8 Å². The van der Waals surface area contributed by atoms with E-state index in [0.29, 0.717) is 12.8 Å². The summed E-state index contributed by atoms with van der Waals surface area (Å²) in [5.41, 5.74) is 2.48. The minimum absolute atomic E-state index is 0.0315. The minimum Gasteiger partial charge on any atom is -0.336 e. The second kappa shape index (κ2) is 8.12. The Morgan fingerprint density at radius 2 is 1.81 bits per heavy atom. The summed E-state index contributed by atoms with van der Waals surface area (Å²) in [6, 6.07) is 15.5. The van der Waals surface area contributed by atoms with Crippen molar-refractivity contribution in [2.24, 2.45) is 5.10 Å². The van der Waals surface area contributed by atoms with Gasteiger partial charge in [-0.3, -0.25) is 9.59 Å². The molecule has 0 saturated heterocycles. The summed E-state index contributed by atoms with van der Waals surface area (Å²) in [7, 11) is 1.61. The minimum atomic E-state index is -0.315. The van der Waals surface area contributed by atoms with Gasteiger partial charge in [0.2, 0.25) is 5.91 Å². The molecule has 1 heterocycles. The lowest BCUT2D eigenvalue weighted by Gasteiger charge is -2.24. The number of carbonyl (C=O) groups excluding carboxylic acids is 2. The number of rotatable bonds is 5. The van der Waals surface area contributed by atoms with E-state index in [9.17, 15) is 14.0 Å². The van der Waals surface area contributed by atoms with E-state index in [-0.39, 0.29) is 30.2 Å². The summed E-state index contributed by atoms with van der Waals surface area (Å²) in [5.74, 6) is -0.656. The first-order chi connectivity index (χ1) is 13.0. The number of carbonyl (C=O) groups is 2. The Morgan fingerprint density at radius 3 is 2.44 bits per heavy atom. The molecule has 2 aromatic carbocycles. The maximum Gasteiger partial charge on any atom is 0.262 e. The van der Waals surface area contributed by atoms with Crippen LogP contribution in [0.4, 0.5) is 4.39 Å². The van der Waals surface area contributed by atoms with Crippen LogP contribution in [0, 0.1) is 5.82 Å². The molecule has 1 aliphatic rings. The highest BCUT2D eigenvalue weighted by molar-refractivity contribution is 6.03. The Labute approximate surface area is 158 Å². The van der Waals surface area contributed by atoms with Crippen molar-refractivity contribution >= 4 is 17.5 Å². The molecule has 0 bridgehead atoms. The Morgan fingerprint density at radius 1 is 1.15 bits per heavy atom. The number of hydrogen-bond donors (Lipinski definition) is 0. The highest BCUT2D eigenvalue weighted by Crippen LogP contribution is 2.32. The smallest absolute Gasteiger partial charge is 0.262 e. The normalized spacial score (nSPS) is 16.2. The number of hydrogen-bond acceptors (Lipinski definition) is 3. The SMILES string of the molecule is CCC(=O)N(C)CC(=O)N1N=C(c2ccc(F)cc2)CC1c1ccccc1. The molecule has 0 saturated carbocycles. The van der Waals surface area contributed by atoms with Gasteiger partial charge in [-0.05, 0) is 23.3 Å². The average Bonchev–Trinajstić information content (AvgIpc) is 3.14. The fraction of sp³-hybridized carbons (Fsp3) is 0.286. The molecule has 3 rings (SSSR count). The third kappa shape index (κ3) is 4.22. The van der Waals surface area contributed by atoms with Crippen molar-refractivity contribution in [2.75, 3.05) is 13.6 Å². The molecule has 0 fully saturated rings. The van der Waals surface area contributed by atoms with E-state index in [4.69, 9.17) is 0 Å². The van der Waals surface area contributed by atoms with Crippen LogP contribution in [0.5, 0.6) is 0 Å². The van der Waals surface area contributed by atoms with Crippen LogP contribution in [0.3, 0.4) is 0 Å². The van der Waals surface area contributed by atoms with Gasteiger partial charge in [0, 0.05) is 19.9 Å². The molecule has 140 valence electrons. The van der Waals surface area contributed by atoms with E-state index >= 15 is 0 Å². The maximum atomic E-state index is 13.2. The molecule has 5 nitrogen and oxygen atoms in total. The molecule has 27 heavy (non-hydrogen) atoms. The van der Waals surface area contributed by atoms with Gasteiger partial charge in [-0.1, -0.05) is 49.4 Å². The monoisotopic (exact) mass is 367 g/mol. The Hall–Kier alpha value is -3.02. The molecular formula is C21H22FN3O2. The van der Waals surface area contributed by atoms with Crippen molar-refractivity contribution in [2.45, 2.75) is 25.8 Å². The first-order valence-electron chi connectivity index (χ1n) is 8.94. The van der Waals surface area contributed by atoms with Crippen molar-refractivity contribution < 1.29 is 14.0 Å². The van der Waals surface area contributed by atoms with Crippen LogP contribution in [0.1, 0.15) is 36.9 Å². The number of benzene rings is 2. The molecule has 1 atom stereocenters. The van der Waals surface area contributed by atoms with Gasteiger partial charge >= 0.3 is 0 Å². The molecule has 2 amide bonds. The van der Waals surface area contributed by atoms with Crippen LogP contribution in [0.2, 0.25) is 0 Å². The van der Waals surface area contributed by atoms with E-state index in [2.05, 4.69) is 5.10 Å². The summed E-state index contributed by atoms with van der Waals surface area (Å²) in [5, 5.41) is 5.98. The molecule has 0 spiro atoms. The zero-order valence-electron chi connectivity index (χ0n) is 15.4. The van der Waals surface area contributed by atoms with E-state index in [1.54, 1.807) is 26.1 Å². The van der Waals surface area contributed by atoms with Gasteiger partial charge < -0.3 is 4.90 Å². The number of nitrogens with zero attached hydrogens (tertiary/aromatic N) is 3. The molecule has 1 aliphatic heterocycles. The number of hydrazone groups is 1. The van der Waals surface area contributed by atoms with Gasteiger partial charge in [0.15, 0.2) is 0 Å². The quantitative estimate of drug-likeness (QED) is 0.814. The number of halogens is 1. The topological polar surface area (TPSA) is 53.0 Å². The zero-order chi connectivity index (χ0) is 19.4. The molecule has 6 heteroatoms. The number of amides is 2. The van der Waals surface area contributed by atoms with E-state index in [1.807, 2.05) is 30.3 Å². The van der Waals surface area contributed by atoms with Crippen molar-refractivity contribution in [1.29, 1.82) is 0 Å². The molecule has 1 unspecified atom stereocenters. The van der Waals surface area contributed by atoms with Crippen molar-refractivity contribution in [3.05, 3.63) is 71.5 Å². The Balaban J connectivity index is 1.88. The van der Waals surface area contributed by atoms with Crippen LogP contribution in [0.15, 0.2) is 59.7 Å². The van der Waals surface area contributed by atoms with Gasteiger partial charge in [-0.2, -0.15) is 5.10 Å². The lowest BCUT2D eigenvalue weighted by Crippen LogP contribution is -2.38. The highest BCUT2D eigenvalue weighted by atomic mass is 19.1. The Kier molecular flexibility index (Phi) is 5.64. The van der Waals surface area contributed by atoms with Crippen LogP contribution in [-0.2, 0) is 9.59 Å². The maximum absolute atomic E-state index is 13.2. The van der Waals surface area contributed by atoms with Crippen LogP contribution in [-0.4, -0.2) is 41.0 Å². The van der Waals surface area contributed by atoms with Gasteiger partial charge in [0.25, 0.3) is 5.91 Å². The van der Waals surface area contributed by atoms with Gasteiger partial charge in [-0.25, -0.2) is 9.40 Å². The first-order valence-corrected chi connectivity index (χ1v) is 8.94. The fourth-order valence-electron chi connectivity index (χ4n) is 3.13. The molecule has 0 radical (unpaired) electrons. The van der Waals surface area contributed by atoms with E-state index in [1.165, 1.54) is 22.0 Å². The lowest BCUT2D eigenvalue weighted by atomic mass is 9.98. The first kappa shape index (κ1) is 18.8. The van der Waals surface area contributed by atoms with Crippen molar-refractivity contribution in [3.63, 3.8) is 0 Å². The fourth-order valence-corrected chi connectivity index (χ4v) is 3.13. The molecule has 0 aromatic heterocycles. The zero-order valence-corrected chi connectivity index (χ0v) is 15.4. The summed E-state index contributed by atoms with van der Waals surface area (Å²) in [4.78, 5) is 26.1. The molecule has 0 aliphatic carbocycles. The van der Waals surface area contributed by atoms with E-state index < -0.39 is 0 Å². The standard InChI is InChI=1S/C21H22FN3O2/c1-3-20(26)24(2)14-21(27)25-19(16-7-5-4-6-8-16)13-18(23-25)15-9-11-17(22)12-10-15/h4-12,19H,3,13-14H2,1-2H3. The number of likely N-dealkylation sites (N-methyl/N-ethyl adjacent to an activating group) is 1. The lowest BCUT2D eigenvalue weighted by molar-refractivity contribution is -0.140. The van der Waals surface area contributed by atoms with Crippen LogP contribution >= 0.6 is 0 Å². The molecular weight excluding hydrogens is 345 g/mol. The molecule has 0 N–H and O–H groups in total. The third-order valence-corrected chi connectivity index (χ3v) is 4.63. The Bertz CT molecular complexity index is 849. The summed E-state index contributed by atoms with van der Waals surface area (Å²) in [6.45, 7) is 1.73. The predicted octanol–water partition coefficient (Wildman–Crippen LogP) is 3.37. The largest absolute Gasteiger partial charge is 0.336 e. The van der Waals surface area contributed by atoms with Crippen molar-refractivity contribution in [1.82, 2.24) is 9.91 Å². The molecule has 2 aromatic rings. The van der Waals surface area contributed by atoms with E-state index in [0.717, 1.165) is 16.8 Å². The second-order valence-corrected chi connectivity index (χ2v) is 6.53. The summed E-state index contributed by atoms with van der Waals surface area (Å²) in [6.07, 6.45) is 0.878. The summed E-state index contributed by atoms with van der Waals surface area (Å²) >= 11 is 0. The average molecular weight is 367 g/mol. The van der Waals surface area contributed by atoms with Crippen LogP contribution < -0.4 is 0 Å². The highest BCUT2D eigenvalue weighted by Gasteiger charge is 2.33. The van der Waals surface area contributed by atoms with Gasteiger partial charge in [-0.15, -0.1) is 0 Å². The van der Waals surface area contributed by atoms with Gasteiger partial charge in [0.1, 0.15) is 12.4 Å². The second-order valence-electron chi connectivity index (χ2n) is 6.53. The van der Waals surface area contributed by atoms with Crippen LogP contribution in [0.25, 0.3) is 0 Å². The third-order valence-electron chi connectivity index (χ3n) is 4.63. The van der Waals surface area contributed by atoms with Crippen molar-refractivity contribution in [3.8, 4) is 0 Å². The summed E-state index contributed by atoms with van der Waals surface area (Å²) < 4.78 is 13.2. The predicted molar refractivity (Wildman–Crippen MR) is 102 cm³/mol.